The number of fused-ring (bicyclic) bond motifs is 1. The molecule has 9 heteroatoms. The van der Waals surface area contributed by atoms with Crippen LogP contribution in [0, 0.1) is 11.8 Å². The number of likely N-dealkylation sites (N-methyl/N-ethyl adjacent to an activating group) is 1. The van der Waals surface area contributed by atoms with Gasteiger partial charge in [-0.15, -0.1) is 0 Å². The normalized spacial score (nSPS) is 18.9. The van der Waals surface area contributed by atoms with Crippen LogP contribution in [0.2, 0.25) is 0 Å². The van der Waals surface area contributed by atoms with E-state index in [1.165, 1.54) is 22.1 Å². The predicted molar refractivity (Wildman–Crippen MR) is 99.3 cm³/mol. The van der Waals surface area contributed by atoms with Crippen molar-refractivity contribution in [1.82, 2.24) is 24.6 Å². The van der Waals surface area contributed by atoms with Crippen molar-refractivity contribution in [1.29, 1.82) is 0 Å². The maximum absolute atomic E-state index is 12.1. The Morgan fingerprint density at radius 2 is 2.21 bits per heavy atom. The summed E-state index contributed by atoms with van der Waals surface area (Å²) in [6, 6.07) is 7.00. The van der Waals surface area contributed by atoms with Crippen molar-refractivity contribution in [2.45, 2.75) is 12.0 Å². The van der Waals surface area contributed by atoms with Gasteiger partial charge in [0.05, 0.1) is 11.1 Å². The summed E-state index contributed by atoms with van der Waals surface area (Å²) >= 11 is 0. The van der Waals surface area contributed by atoms with Gasteiger partial charge in [0.1, 0.15) is 6.33 Å². The summed E-state index contributed by atoms with van der Waals surface area (Å²) in [6.45, 7) is 0.457. The summed E-state index contributed by atoms with van der Waals surface area (Å²) in [5.74, 6) is 4.45. The minimum Gasteiger partial charge on any atom is -0.369 e. The number of likely N-dealkylation sites (tertiary alicyclic amines) is 1. The maximum atomic E-state index is 12.1. The lowest BCUT2D eigenvalue weighted by molar-refractivity contribution is -0.137. The smallest absolute Gasteiger partial charge is 0.269 e. The molecule has 1 fully saturated rings. The van der Waals surface area contributed by atoms with Crippen molar-refractivity contribution in [3.05, 3.63) is 48.0 Å². The van der Waals surface area contributed by atoms with Crippen LogP contribution in [0.15, 0.2) is 36.8 Å². The van der Waals surface area contributed by atoms with Crippen molar-refractivity contribution in [2.24, 2.45) is 5.73 Å². The van der Waals surface area contributed by atoms with Crippen LogP contribution in [0.3, 0.4) is 0 Å². The van der Waals surface area contributed by atoms with E-state index >= 15 is 0 Å². The predicted octanol–water partition coefficient (Wildman–Crippen LogP) is -0.141. The zero-order valence-electron chi connectivity index (χ0n) is 15.0. The molecule has 140 valence electrons. The van der Waals surface area contributed by atoms with Crippen molar-refractivity contribution in [3.63, 3.8) is 0 Å². The van der Waals surface area contributed by atoms with Gasteiger partial charge in [-0.25, -0.2) is 14.6 Å². The van der Waals surface area contributed by atoms with E-state index in [9.17, 15) is 14.7 Å². The molecule has 1 unspecified atom stereocenters. The number of aliphatic hydroxyl groups is 1. The Morgan fingerprint density at radius 1 is 1.39 bits per heavy atom. The Labute approximate surface area is 159 Å². The third-order valence-corrected chi connectivity index (χ3v) is 4.59. The number of carbonyl (C=O) groups excluding carboxylic acids is 2. The van der Waals surface area contributed by atoms with E-state index in [0.29, 0.717) is 28.8 Å². The molecule has 2 amide bonds. The van der Waals surface area contributed by atoms with Crippen LogP contribution < -0.4 is 5.73 Å². The average Bonchev–Trinajstić information content (AvgIpc) is 3.21. The highest BCUT2D eigenvalue weighted by molar-refractivity contribution is 6.03. The molecule has 1 aromatic carbocycles. The fourth-order valence-electron chi connectivity index (χ4n) is 3.08. The fourth-order valence-corrected chi connectivity index (χ4v) is 3.08. The van der Waals surface area contributed by atoms with Crippen LogP contribution in [0.1, 0.15) is 22.5 Å². The highest BCUT2D eigenvalue weighted by atomic mass is 16.3. The summed E-state index contributed by atoms with van der Waals surface area (Å²) in [7, 11) is 1.63. The molecule has 1 atom stereocenters. The highest BCUT2D eigenvalue weighted by Crippen LogP contribution is 2.22. The van der Waals surface area contributed by atoms with Gasteiger partial charge in [0.2, 0.25) is 5.60 Å². The van der Waals surface area contributed by atoms with Gasteiger partial charge >= 0.3 is 0 Å². The molecule has 1 aliphatic rings. The summed E-state index contributed by atoms with van der Waals surface area (Å²) in [5, 5.41) is 15.1. The van der Waals surface area contributed by atoms with Crippen molar-refractivity contribution < 1.29 is 14.7 Å². The number of benzene rings is 1. The van der Waals surface area contributed by atoms with Crippen molar-refractivity contribution >= 4 is 22.8 Å². The second kappa shape index (κ2) is 6.44. The Hall–Kier alpha value is -3.77. The standard InChI is InChI=1S/C19H16N6O3/c1-24-8-7-19(28,18(24)27)6-5-12-3-2-4-13(9-12)25-17-14(10-21-11-22-17)15(23-25)16(20)26/h2-4,9-11,28H,7-8H2,1H3,(H2,20,26). The number of nitrogens with two attached hydrogens (primary N) is 1. The largest absolute Gasteiger partial charge is 0.369 e. The van der Waals surface area contributed by atoms with Gasteiger partial charge in [-0.05, 0) is 18.2 Å². The summed E-state index contributed by atoms with van der Waals surface area (Å²) in [5.41, 5.74) is 5.41. The number of carbonyl (C=O) groups is 2. The molecule has 2 aromatic heterocycles. The van der Waals surface area contributed by atoms with Crippen molar-refractivity contribution in [2.75, 3.05) is 13.6 Å². The van der Waals surface area contributed by atoms with Crippen LogP contribution in [-0.4, -0.2) is 60.8 Å². The van der Waals surface area contributed by atoms with Gasteiger partial charge in [0, 0.05) is 31.8 Å². The number of primary amides is 1. The molecule has 0 spiro atoms. The molecule has 3 aromatic rings. The fraction of sp³-hybridized carbons (Fsp3) is 0.211. The van der Waals surface area contributed by atoms with Gasteiger partial charge in [-0.2, -0.15) is 5.10 Å². The molecule has 0 radical (unpaired) electrons. The number of aromatic nitrogens is 4. The van der Waals surface area contributed by atoms with E-state index in [4.69, 9.17) is 5.73 Å². The lowest BCUT2D eigenvalue weighted by Crippen LogP contribution is -2.37. The lowest BCUT2D eigenvalue weighted by atomic mass is 10.0. The van der Waals surface area contributed by atoms with Crippen LogP contribution >= 0.6 is 0 Å². The van der Waals surface area contributed by atoms with E-state index in [-0.39, 0.29) is 12.1 Å². The second-order valence-corrected chi connectivity index (χ2v) is 6.52. The Kier molecular flexibility index (Phi) is 4.05. The van der Waals surface area contributed by atoms with Gasteiger partial charge in [0.15, 0.2) is 11.3 Å². The highest BCUT2D eigenvalue weighted by Gasteiger charge is 2.42. The van der Waals surface area contributed by atoms with Gasteiger partial charge in [-0.3, -0.25) is 9.59 Å². The number of amides is 2. The molecular weight excluding hydrogens is 360 g/mol. The Balaban J connectivity index is 1.76. The van der Waals surface area contributed by atoms with Crippen LogP contribution in [0.5, 0.6) is 0 Å². The minimum absolute atomic E-state index is 0.0704. The van der Waals surface area contributed by atoms with E-state index in [1.54, 1.807) is 31.3 Å². The lowest BCUT2D eigenvalue weighted by Gasteiger charge is -2.13. The van der Waals surface area contributed by atoms with E-state index in [1.807, 2.05) is 0 Å². The first-order valence-corrected chi connectivity index (χ1v) is 8.49. The van der Waals surface area contributed by atoms with E-state index < -0.39 is 17.4 Å². The number of hydrogen-bond donors (Lipinski definition) is 2. The molecule has 4 rings (SSSR count). The van der Waals surface area contributed by atoms with Crippen molar-refractivity contribution in [3.8, 4) is 17.5 Å². The Morgan fingerprint density at radius 3 is 2.93 bits per heavy atom. The third-order valence-electron chi connectivity index (χ3n) is 4.59. The van der Waals surface area contributed by atoms with Crippen LogP contribution in [0.4, 0.5) is 0 Å². The molecule has 0 bridgehead atoms. The van der Waals surface area contributed by atoms with Gasteiger partial charge in [-0.1, -0.05) is 17.9 Å². The third kappa shape index (κ3) is 2.86. The van der Waals surface area contributed by atoms with E-state index in [2.05, 4.69) is 26.9 Å². The van der Waals surface area contributed by atoms with Crippen LogP contribution in [0.25, 0.3) is 16.7 Å². The molecule has 9 nitrogen and oxygen atoms in total. The first-order chi connectivity index (χ1) is 13.4. The quantitative estimate of drug-likeness (QED) is 0.599. The van der Waals surface area contributed by atoms with E-state index in [0.717, 1.165) is 0 Å². The number of hydrogen-bond acceptors (Lipinski definition) is 6. The monoisotopic (exact) mass is 376 g/mol. The topological polar surface area (TPSA) is 127 Å². The van der Waals surface area contributed by atoms with Crippen LogP contribution in [-0.2, 0) is 4.79 Å². The Bertz CT molecular complexity index is 1180. The molecular formula is C19H16N6O3. The maximum Gasteiger partial charge on any atom is 0.269 e. The molecule has 0 aliphatic carbocycles. The summed E-state index contributed by atoms with van der Waals surface area (Å²) in [6.07, 6.45) is 3.09. The molecule has 0 saturated carbocycles. The first-order valence-electron chi connectivity index (χ1n) is 8.49. The molecule has 1 saturated heterocycles. The number of nitrogens with zero attached hydrogens (tertiary/aromatic N) is 5. The number of rotatable bonds is 2. The SMILES string of the molecule is CN1CCC(O)(C#Cc2cccc(-n3nc(C(N)=O)c4cncnc43)c2)C1=O. The minimum atomic E-state index is -1.67. The van der Waals surface area contributed by atoms with Gasteiger partial charge < -0.3 is 15.7 Å². The molecule has 3 N–H and O–H groups in total. The summed E-state index contributed by atoms with van der Waals surface area (Å²) in [4.78, 5) is 33.3. The molecule has 28 heavy (non-hydrogen) atoms. The average molecular weight is 376 g/mol. The zero-order chi connectivity index (χ0) is 19.9. The first kappa shape index (κ1) is 17.6. The summed E-state index contributed by atoms with van der Waals surface area (Å²) < 4.78 is 1.48. The van der Waals surface area contributed by atoms with Gasteiger partial charge in [0.25, 0.3) is 11.8 Å². The second-order valence-electron chi connectivity index (χ2n) is 6.52. The molecule has 3 heterocycles. The molecule has 1 aliphatic heterocycles. The zero-order valence-corrected chi connectivity index (χ0v) is 15.0.